The van der Waals surface area contributed by atoms with E-state index in [4.69, 9.17) is 14.9 Å². The Labute approximate surface area is 91.6 Å². The Hall–Kier alpha value is -1.88. The van der Waals surface area contributed by atoms with Crippen molar-refractivity contribution in [3.63, 3.8) is 0 Å². The van der Waals surface area contributed by atoms with E-state index in [1.165, 1.54) is 25.1 Å². The molecule has 1 aromatic carbocycles. The highest BCUT2D eigenvalue weighted by Gasteiger charge is 2.07. The second-order valence-corrected chi connectivity index (χ2v) is 3.10. The largest absolute Gasteiger partial charge is 0.561 e. The van der Waals surface area contributed by atoms with Crippen molar-refractivity contribution >= 4 is 12.0 Å². The summed E-state index contributed by atoms with van der Waals surface area (Å²) in [6.45, 7) is 1.36. The molecule has 5 heteroatoms. The molecule has 4 nitrogen and oxygen atoms in total. The summed E-state index contributed by atoms with van der Waals surface area (Å²) >= 11 is 0. The maximum atomic E-state index is 13.2. The number of benzene rings is 1. The van der Waals surface area contributed by atoms with E-state index in [-0.39, 0.29) is 5.75 Å². The molecule has 1 atom stereocenters. The summed E-state index contributed by atoms with van der Waals surface area (Å²) in [5, 5.41) is 15.6. The molecule has 0 radical (unpaired) electrons. The molecule has 86 valence electrons. The van der Waals surface area contributed by atoms with Crippen molar-refractivity contribution in [3.05, 3.63) is 35.7 Å². The molecule has 0 heterocycles. The number of halogens is 1. The van der Waals surface area contributed by atoms with Crippen LogP contribution in [-0.2, 0) is 4.79 Å². The summed E-state index contributed by atoms with van der Waals surface area (Å²) in [4.78, 5) is 10.4. The van der Waals surface area contributed by atoms with Crippen molar-refractivity contribution in [1.29, 1.82) is 0 Å². The Morgan fingerprint density at radius 1 is 1.62 bits per heavy atom. The smallest absolute Gasteiger partial charge is 0.541 e. The molecule has 16 heavy (non-hydrogen) atoms. The average Bonchev–Trinajstić information content (AvgIpc) is 2.18. The fraction of sp³-hybridized carbons (Fsp3) is 0.182. The van der Waals surface area contributed by atoms with Crippen molar-refractivity contribution < 1.29 is 24.1 Å². The minimum atomic E-state index is -1.12. The monoisotopic (exact) mass is 227 g/mol. The van der Waals surface area contributed by atoms with E-state index in [2.05, 4.69) is 0 Å². The molecule has 0 spiro atoms. The van der Waals surface area contributed by atoms with Crippen LogP contribution in [0.1, 0.15) is 12.5 Å². The molecule has 0 aliphatic heterocycles. The molecule has 1 unspecified atom stereocenters. The van der Waals surface area contributed by atoms with Crippen LogP contribution in [0, 0.1) is 5.82 Å². The summed E-state index contributed by atoms with van der Waals surface area (Å²) in [5.41, 5.74) is 0.512. The molecule has 0 aliphatic carbocycles. The third-order valence-corrected chi connectivity index (χ3v) is 1.68. The summed E-state index contributed by atoms with van der Waals surface area (Å²) in [6.07, 6.45) is 1.29. The van der Waals surface area contributed by atoms with E-state index in [9.17, 15) is 9.18 Å². The molecule has 0 bridgehead atoms. The third kappa shape index (κ3) is 3.70. The lowest BCUT2D eigenvalue weighted by Crippen LogP contribution is -2.10. The van der Waals surface area contributed by atoms with E-state index in [1.54, 1.807) is 0 Å². The topological polar surface area (TPSA) is 69.4 Å². The van der Waals surface area contributed by atoms with Gasteiger partial charge in [-0.25, -0.2) is 4.39 Å². The first kappa shape index (κ1) is 12.2. The van der Waals surface area contributed by atoms with Gasteiger partial charge < -0.3 is 14.9 Å². The number of ether oxygens (including phenoxy) is 1. The maximum absolute atomic E-state index is 13.2. The van der Waals surface area contributed by atoms with Gasteiger partial charge in [-0.05, 0) is 30.7 Å². The van der Waals surface area contributed by atoms with Gasteiger partial charge in [-0.15, -0.1) is 0 Å². The number of carbonyl (C=O) groups is 1. The SMILES string of the molecule is CC(O)Oc1cc(/C=C/C(=O)[OH2+])ccc1F. The summed E-state index contributed by atoms with van der Waals surface area (Å²) in [7, 11) is 0. The van der Waals surface area contributed by atoms with Crippen LogP contribution < -0.4 is 4.74 Å². The number of carbonyl (C=O) groups excluding carboxylic acids is 1. The highest BCUT2D eigenvalue weighted by Crippen LogP contribution is 2.20. The van der Waals surface area contributed by atoms with E-state index in [1.807, 2.05) is 0 Å². The van der Waals surface area contributed by atoms with Gasteiger partial charge in [0.2, 0.25) is 0 Å². The molecule has 0 amide bonds. The van der Waals surface area contributed by atoms with Gasteiger partial charge in [-0.2, -0.15) is 0 Å². The first-order valence-electron chi connectivity index (χ1n) is 4.57. The van der Waals surface area contributed by atoms with Crippen LogP contribution in [-0.4, -0.2) is 22.5 Å². The highest BCUT2D eigenvalue weighted by atomic mass is 19.1. The molecule has 0 saturated carbocycles. The van der Waals surface area contributed by atoms with Gasteiger partial charge in [0.05, 0.1) is 6.08 Å². The van der Waals surface area contributed by atoms with Crippen LogP contribution in [0.5, 0.6) is 5.75 Å². The van der Waals surface area contributed by atoms with Gasteiger partial charge in [-0.1, -0.05) is 6.07 Å². The lowest BCUT2D eigenvalue weighted by molar-refractivity contribution is -0.131. The lowest BCUT2D eigenvalue weighted by Gasteiger charge is -2.09. The van der Waals surface area contributed by atoms with Gasteiger partial charge in [-0.3, -0.25) is 0 Å². The summed E-state index contributed by atoms with van der Waals surface area (Å²) < 4.78 is 18.0. The molecule has 0 fully saturated rings. The fourth-order valence-corrected chi connectivity index (χ4v) is 1.07. The number of hydrogen-bond donors (Lipinski definition) is 1. The van der Waals surface area contributed by atoms with Gasteiger partial charge in [0, 0.05) is 4.79 Å². The van der Waals surface area contributed by atoms with Crippen LogP contribution in [0.4, 0.5) is 4.39 Å². The zero-order valence-electron chi connectivity index (χ0n) is 8.61. The Morgan fingerprint density at radius 2 is 2.31 bits per heavy atom. The number of aliphatic hydroxyl groups is 1. The predicted molar refractivity (Wildman–Crippen MR) is 56.4 cm³/mol. The second-order valence-electron chi connectivity index (χ2n) is 3.10. The Bertz CT molecular complexity index is 412. The van der Waals surface area contributed by atoms with Crippen LogP contribution in [0.25, 0.3) is 6.08 Å². The molecule has 0 saturated heterocycles. The first-order chi connectivity index (χ1) is 7.49. The van der Waals surface area contributed by atoms with Gasteiger partial charge in [0.25, 0.3) is 0 Å². The van der Waals surface area contributed by atoms with Crippen molar-refractivity contribution in [2.75, 3.05) is 0 Å². The van der Waals surface area contributed by atoms with Gasteiger partial charge in [0.15, 0.2) is 17.9 Å². The van der Waals surface area contributed by atoms with Crippen molar-refractivity contribution in [1.82, 2.24) is 0 Å². The molecular weight excluding hydrogens is 215 g/mol. The normalized spacial score (nSPS) is 12.7. The Kier molecular flexibility index (Phi) is 4.02. The van der Waals surface area contributed by atoms with E-state index < -0.39 is 18.1 Å². The second kappa shape index (κ2) is 5.27. The quantitative estimate of drug-likeness (QED) is 0.470. The summed E-state index contributed by atoms with van der Waals surface area (Å²) in [5.74, 6) is -1.55. The average molecular weight is 227 g/mol. The molecule has 1 aromatic rings. The first-order valence-corrected chi connectivity index (χ1v) is 4.57. The fourth-order valence-electron chi connectivity index (χ4n) is 1.07. The van der Waals surface area contributed by atoms with Gasteiger partial charge in [0.1, 0.15) is 0 Å². The van der Waals surface area contributed by atoms with Gasteiger partial charge >= 0.3 is 5.97 Å². The van der Waals surface area contributed by atoms with Crippen molar-refractivity contribution in [3.8, 4) is 5.75 Å². The zero-order chi connectivity index (χ0) is 12.1. The molecular formula is C11H12FO4+. The molecule has 0 aromatic heterocycles. The Morgan fingerprint density at radius 3 is 2.88 bits per heavy atom. The highest BCUT2D eigenvalue weighted by molar-refractivity contribution is 5.85. The molecule has 0 aliphatic rings. The Balaban J connectivity index is 2.93. The van der Waals surface area contributed by atoms with Crippen molar-refractivity contribution in [2.24, 2.45) is 0 Å². The predicted octanol–water partition coefficient (Wildman–Crippen LogP) is 0.807. The van der Waals surface area contributed by atoms with Crippen LogP contribution in [0.2, 0.25) is 0 Å². The maximum Gasteiger partial charge on any atom is 0.541 e. The van der Waals surface area contributed by atoms with E-state index in [0.717, 1.165) is 12.1 Å². The van der Waals surface area contributed by atoms with Crippen LogP contribution >= 0.6 is 0 Å². The minimum absolute atomic E-state index is 0.102. The third-order valence-electron chi connectivity index (χ3n) is 1.68. The van der Waals surface area contributed by atoms with Crippen LogP contribution in [0.15, 0.2) is 24.3 Å². The minimum Gasteiger partial charge on any atom is -0.561 e. The van der Waals surface area contributed by atoms with E-state index in [0.29, 0.717) is 5.56 Å². The number of rotatable bonds is 4. The molecule has 3 N–H and O–H groups in total. The molecule has 1 rings (SSSR count). The summed E-state index contributed by atoms with van der Waals surface area (Å²) in [6, 6.07) is 3.93. The number of hydrogen-bond acceptors (Lipinski definition) is 3. The van der Waals surface area contributed by atoms with Crippen LogP contribution in [0.3, 0.4) is 0 Å². The standard InChI is InChI=1S/C11H11FO4/c1-7(13)16-10-6-8(2-4-9(10)12)3-5-11(14)15/h2-7,13H,1H3,(H,14,15)/p+1/b5-3+. The zero-order valence-corrected chi connectivity index (χ0v) is 8.61. The van der Waals surface area contributed by atoms with Crippen molar-refractivity contribution in [2.45, 2.75) is 13.2 Å². The lowest BCUT2D eigenvalue weighted by atomic mass is 10.2. The number of aliphatic hydroxyl groups excluding tert-OH is 1. The van der Waals surface area contributed by atoms with E-state index >= 15 is 0 Å².